The highest BCUT2D eigenvalue weighted by Crippen LogP contribution is 2.26. The molecule has 1 aromatic heterocycles. The van der Waals surface area contributed by atoms with E-state index < -0.39 is 0 Å². The van der Waals surface area contributed by atoms with Crippen molar-refractivity contribution in [2.24, 2.45) is 0 Å². The van der Waals surface area contributed by atoms with Gasteiger partial charge >= 0.3 is 0 Å². The first-order valence-corrected chi connectivity index (χ1v) is 7.14. The maximum absolute atomic E-state index is 8.84. The van der Waals surface area contributed by atoms with E-state index in [0.717, 1.165) is 22.4 Å². The minimum atomic E-state index is 0.487. The summed E-state index contributed by atoms with van der Waals surface area (Å²) in [4.78, 5) is 4.20. The second kappa shape index (κ2) is 5.72. The molecule has 2 aromatic carbocycles. The van der Waals surface area contributed by atoms with E-state index in [9.17, 15) is 0 Å². The van der Waals surface area contributed by atoms with Crippen LogP contribution in [0.25, 0.3) is 10.2 Å². The van der Waals surface area contributed by atoms with Gasteiger partial charge in [-0.15, -0.1) is 11.3 Å². The summed E-state index contributed by atoms with van der Waals surface area (Å²) in [5.74, 6) is 0.821. The van der Waals surface area contributed by atoms with E-state index in [-0.39, 0.29) is 0 Å². The zero-order chi connectivity index (χ0) is 13.8. The van der Waals surface area contributed by atoms with Crippen molar-refractivity contribution in [2.75, 3.05) is 6.61 Å². The molecule has 0 spiro atoms. The van der Waals surface area contributed by atoms with Gasteiger partial charge in [0.25, 0.3) is 0 Å². The predicted octanol–water partition coefficient (Wildman–Crippen LogP) is 3.79. The van der Waals surface area contributed by atoms with E-state index in [1.807, 2.05) is 36.4 Å². The van der Waals surface area contributed by atoms with Gasteiger partial charge in [0.05, 0.1) is 16.8 Å². The molecule has 0 aliphatic rings. The first-order chi connectivity index (χ1) is 9.85. The number of hydrogen-bond donors (Lipinski definition) is 0. The fraction of sp³-hybridized carbons (Fsp3) is 0.125. The Kier molecular flexibility index (Phi) is 3.62. The lowest BCUT2D eigenvalue weighted by atomic mass is 10.2. The van der Waals surface area contributed by atoms with Crippen molar-refractivity contribution in [3.8, 4) is 11.8 Å². The molecular weight excluding hydrogens is 268 g/mol. The van der Waals surface area contributed by atoms with Crippen LogP contribution in [-0.2, 0) is 6.42 Å². The van der Waals surface area contributed by atoms with Crippen LogP contribution in [0.1, 0.15) is 10.6 Å². The van der Waals surface area contributed by atoms with Gasteiger partial charge in [-0.1, -0.05) is 30.3 Å². The van der Waals surface area contributed by atoms with Gasteiger partial charge in [-0.25, -0.2) is 4.98 Å². The Morgan fingerprint density at radius 3 is 2.80 bits per heavy atom. The molecule has 0 aliphatic heterocycles. The quantitative estimate of drug-likeness (QED) is 0.730. The summed E-state index contributed by atoms with van der Waals surface area (Å²) in [6.45, 7) is 0.638. The molecule has 0 unspecified atom stereocenters. The molecule has 3 nitrogen and oxygen atoms in total. The Morgan fingerprint density at radius 1 is 1.15 bits per heavy atom. The van der Waals surface area contributed by atoms with Crippen molar-refractivity contribution in [1.29, 1.82) is 5.26 Å². The smallest absolute Gasteiger partial charge is 0.195 e. The van der Waals surface area contributed by atoms with Crippen molar-refractivity contribution in [3.63, 3.8) is 0 Å². The zero-order valence-electron chi connectivity index (χ0n) is 10.7. The summed E-state index contributed by atoms with van der Waals surface area (Å²) in [5, 5.41) is 9.33. The average molecular weight is 280 g/mol. The van der Waals surface area contributed by atoms with Crippen LogP contribution in [0.2, 0.25) is 0 Å². The number of aromatic nitrogens is 1. The SMILES string of the molecule is N#Cc1nc2ccc(OCCc3ccccc3)cc2s1. The Hall–Kier alpha value is -2.38. The first-order valence-electron chi connectivity index (χ1n) is 6.32. The molecular formula is C16H12N2OS. The van der Waals surface area contributed by atoms with E-state index in [2.05, 4.69) is 23.2 Å². The molecule has 4 heteroatoms. The molecule has 3 aromatic rings. The third-order valence-corrected chi connectivity index (χ3v) is 3.88. The third kappa shape index (κ3) is 2.79. The van der Waals surface area contributed by atoms with E-state index in [1.165, 1.54) is 16.9 Å². The summed E-state index contributed by atoms with van der Waals surface area (Å²) >= 11 is 1.39. The lowest BCUT2D eigenvalue weighted by molar-refractivity contribution is 0.322. The molecule has 0 amide bonds. The van der Waals surface area contributed by atoms with Crippen LogP contribution in [-0.4, -0.2) is 11.6 Å². The molecule has 3 rings (SSSR count). The maximum atomic E-state index is 8.84. The topological polar surface area (TPSA) is 45.9 Å². The van der Waals surface area contributed by atoms with Crippen LogP contribution in [0.15, 0.2) is 48.5 Å². The highest BCUT2D eigenvalue weighted by Gasteiger charge is 2.04. The second-order valence-electron chi connectivity index (χ2n) is 4.34. The number of ether oxygens (including phenoxy) is 1. The van der Waals surface area contributed by atoms with Crippen LogP contribution in [0.3, 0.4) is 0 Å². The van der Waals surface area contributed by atoms with Gasteiger partial charge in [0.15, 0.2) is 5.01 Å². The number of nitriles is 1. The van der Waals surface area contributed by atoms with Gasteiger partial charge in [0.2, 0.25) is 0 Å². The fourth-order valence-electron chi connectivity index (χ4n) is 1.97. The van der Waals surface area contributed by atoms with E-state index in [1.54, 1.807) is 0 Å². The Morgan fingerprint density at radius 2 is 2.00 bits per heavy atom. The molecule has 0 saturated heterocycles. The zero-order valence-corrected chi connectivity index (χ0v) is 11.6. The standard InChI is InChI=1S/C16H12N2OS/c17-11-16-18-14-7-6-13(10-15(14)20-16)19-9-8-12-4-2-1-3-5-12/h1-7,10H,8-9H2. The number of benzene rings is 2. The van der Waals surface area contributed by atoms with Crippen molar-refractivity contribution in [1.82, 2.24) is 4.98 Å². The molecule has 0 N–H and O–H groups in total. The maximum Gasteiger partial charge on any atom is 0.195 e. The molecule has 1 heterocycles. The minimum absolute atomic E-state index is 0.487. The van der Waals surface area contributed by atoms with Gasteiger partial charge in [0.1, 0.15) is 11.8 Å². The lowest BCUT2D eigenvalue weighted by Gasteiger charge is -2.06. The van der Waals surface area contributed by atoms with Crippen molar-refractivity contribution in [3.05, 3.63) is 59.1 Å². The van der Waals surface area contributed by atoms with Crippen LogP contribution in [0, 0.1) is 11.3 Å². The molecule has 0 bridgehead atoms. The van der Waals surface area contributed by atoms with E-state index in [0.29, 0.717) is 11.6 Å². The highest BCUT2D eigenvalue weighted by atomic mass is 32.1. The van der Waals surface area contributed by atoms with Crippen molar-refractivity contribution in [2.45, 2.75) is 6.42 Å². The van der Waals surface area contributed by atoms with Crippen LogP contribution >= 0.6 is 11.3 Å². The Bertz CT molecular complexity index is 759. The number of hydrogen-bond acceptors (Lipinski definition) is 4. The highest BCUT2D eigenvalue weighted by molar-refractivity contribution is 7.19. The van der Waals surface area contributed by atoms with E-state index >= 15 is 0 Å². The number of fused-ring (bicyclic) bond motifs is 1. The third-order valence-electron chi connectivity index (χ3n) is 2.96. The molecule has 0 aliphatic carbocycles. The van der Waals surface area contributed by atoms with Gasteiger partial charge in [-0.3, -0.25) is 0 Å². The molecule has 0 saturated carbocycles. The molecule has 0 fully saturated rings. The predicted molar refractivity (Wildman–Crippen MR) is 80.0 cm³/mol. The molecule has 0 atom stereocenters. The van der Waals surface area contributed by atoms with Crippen LogP contribution in [0.4, 0.5) is 0 Å². The largest absolute Gasteiger partial charge is 0.493 e. The number of thiazole rings is 1. The average Bonchev–Trinajstić information content (AvgIpc) is 2.91. The van der Waals surface area contributed by atoms with Crippen molar-refractivity contribution >= 4 is 21.6 Å². The first kappa shape index (κ1) is 12.6. The van der Waals surface area contributed by atoms with Crippen molar-refractivity contribution < 1.29 is 4.74 Å². The Labute approximate surface area is 121 Å². The van der Waals surface area contributed by atoms with Gasteiger partial charge < -0.3 is 4.74 Å². The van der Waals surface area contributed by atoms with Gasteiger partial charge in [-0.2, -0.15) is 5.26 Å². The van der Waals surface area contributed by atoms with Crippen LogP contribution in [0.5, 0.6) is 5.75 Å². The molecule has 98 valence electrons. The molecule has 0 radical (unpaired) electrons. The fourth-order valence-corrected chi connectivity index (χ4v) is 2.77. The summed E-state index contributed by atoms with van der Waals surface area (Å²) in [5.41, 5.74) is 2.11. The summed E-state index contributed by atoms with van der Waals surface area (Å²) < 4.78 is 6.74. The van der Waals surface area contributed by atoms with E-state index in [4.69, 9.17) is 10.00 Å². The Balaban J connectivity index is 1.67. The van der Waals surface area contributed by atoms with Gasteiger partial charge in [-0.05, 0) is 23.8 Å². The van der Waals surface area contributed by atoms with Crippen LogP contribution < -0.4 is 4.74 Å². The summed E-state index contributed by atoms with van der Waals surface area (Å²) in [6, 6.07) is 18.1. The number of nitrogens with zero attached hydrogens (tertiary/aromatic N) is 2. The normalized spacial score (nSPS) is 10.3. The monoisotopic (exact) mass is 280 g/mol. The van der Waals surface area contributed by atoms with Gasteiger partial charge in [0, 0.05) is 6.42 Å². The summed E-state index contributed by atoms with van der Waals surface area (Å²) in [6.07, 6.45) is 0.880. The second-order valence-corrected chi connectivity index (χ2v) is 5.38. The molecule has 20 heavy (non-hydrogen) atoms. The number of rotatable bonds is 4. The summed E-state index contributed by atoms with van der Waals surface area (Å²) in [7, 11) is 0. The minimum Gasteiger partial charge on any atom is -0.493 e. The lowest BCUT2D eigenvalue weighted by Crippen LogP contribution is -2.00.